The first kappa shape index (κ1) is 9.16. The van der Waals surface area contributed by atoms with Crippen molar-refractivity contribution in [3.8, 4) is 0 Å². The molecule has 0 aromatic rings. The van der Waals surface area contributed by atoms with Crippen molar-refractivity contribution >= 4 is 19.7 Å². The molecule has 0 saturated carbocycles. The molecule has 0 spiro atoms. The van der Waals surface area contributed by atoms with E-state index in [0.29, 0.717) is 0 Å². The Balaban J connectivity index is 4.14. The molecule has 0 bridgehead atoms. The van der Waals surface area contributed by atoms with Crippen LogP contribution in [0.5, 0.6) is 0 Å². The van der Waals surface area contributed by atoms with Gasteiger partial charge in [-0.2, -0.15) is 0 Å². The lowest BCUT2D eigenvalue weighted by Crippen LogP contribution is -2.20. The summed E-state index contributed by atoms with van der Waals surface area (Å²) in [7, 11) is 3.46. The molecule has 0 aromatic carbocycles. The fourth-order valence-corrected chi connectivity index (χ4v) is 1.22. The fourth-order valence-electron chi connectivity index (χ4n) is 0.326. The van der Waals surface area contributed by atoms with E-state index in [4.69, 9.17) is 10.7 Å². The van der Waals surface area contributed by atoms with Gasteiger partial charge < -0.3 is 9.47 Å². The van der Waals surface area contributed by atoms with E-state index in [9.17, 15) is 8.42 Å². The van der Waals surface area contributed by atoms with Crippen LogP contribution in [-0.2, 0) is 18.5 Å². The zero-order valence-corrected chi connectivity index (χ0v) is 6.57. The molecule has 56 valence electrons. The second-order valence-electron chi connectivity index (χ2n) is 1.24. The molecule has 0 atom stereocenters. The van der Waals surface area contributed by atoms with E-state index in [1.807, 2.05) is 0 Å². The summed E-state index contributed by atoms with van der Waals surface area (Å²) < 4.78 is 29.3. The maximum Gasteiger partial charge on any atom is 0.285 e. The predicted octanol–water partition coefficient (Wildman–Crippen LogP) is 0.131. The van der Waals surface area contributed by atoms with Crippen molar-refractivity contribution < 1.29 is 17.9 Å². The van der Waals surface area contributed by atoms with Gasteiger partial charge in [0.15, 0.2) is 0 Å². The van der Waals surface area contributed by atoms with Gasteiger partial charge in [-0.25, -0.2) is 8.42 Å². The number of rotatable bonds is 3. The summed E-state index contributed by atoms with van der Waals surface area (Å²) >= 11 is 0. The fraction of sp³-hybridized carbons (Fsp3) is 1.00. The molecule has 0 aliphatic carbocycles. The normalized spacial score (nSPS) is 12.4. The van der Waals surface area contributed by atoms with Crippen molar-refractivity contribution in [1.29, 1.82) is 0 Å². The quantitative estimate of drug-likeness (QED) is 0.451. The summed E-state index contributed by atoms with van der Waals surface area (Å²) in [4.78, 5) is 0. The van der Waals surface area contributed by atoms with Crippen LogP contribution < -0.4 is 0 Å². The molecule has 9 heavy (non-hydrogen) atoms. The molecule has 0 aliphatic rings. The van der Waals surface area contributed by atoms with Crippen LogP contribution in [0.4, 0.5) is 0 Å². The molecule has 0 amide bonds. The van der Waals surface area contributed by atoms with Gasteiger partial charge in [-0.05, 0) is 0 Å². The molecule has 6 heteroatoms. The monoisotopic (exact) mass is 174 g/mol. The Morgan fingerprint density at radius 2 is 1.67 bits per heavy atom. The van der Waals surface area contributed by atoms with Crippen LogP contribution in [0.3, 0.4) is 0 Å². The highest BCUT2D eigenvalue weighted by Crippen LogP contribution is 2.07. The zero-order valence-electron chi connectivity index (χ0n) is 5.00. The van der Waals surface area contributed by atoms with E-state index in [0.717, 1.165) is 0 Å². The van der Waals surface area contributed by atoms with Gasteiger partial charge in [-0.15, -0.1) is 0 Å². The van der Waals surface area contributed by atoms with Crippen molar-refractivity contribution in [3.05, 3.63) is 0 Å². The molecule has 0 aromatic heterocycles. The highest BCUT2D eigenvalue weighted by Gasteiger charge is 2.20. The van der Waals surface area contributed by atoms with Crippen LogP contribution in [0, 0.1) is 0 Å². The summed E-state index contributed by atoms with van der Waals surface area (Å²) in [6.07, 6.45) is 0. The molecule has 0 fully saturated rings. The van der Waals surface area contributed by atoms with Crippen LogP contribution in [0.2, 0.25) is 0 Å². The first-order valence-electron chi connectivity index (χ1n) is 2.01. The average Bonchev–Trinajstić information content (AvgIpc) is 1.65. The third kappa shape index (κ3) is 3.00. The summed E-state index contributed by atoms with van der Waals surface area (Å²) in [5.41, 5.74) is -1.36. The lowest BCUT2D eigenvalue weighted by molar-refractivity contribution is -0.0399. The second kappa shape index (κ2) is 3.36. The Kier molecular flexibility index (Phi) is 3.42. The van der Waals surface area contributed by atoms with E-state index in [2.05, 4.69) is 9.47 Å². The van der Waals surface area contributed by atoms with Crippen LogP contribution in [0.25, 0.3) is 0 Å². The average molecular weight is 175 g/mol. The third-order valence-electron chi connectivity index (χ3n) is 0.615. The van der Waals surface area contributed by atoms with Gasteiger partial charge in [-0.3, -0.25) is 0 Å². The molecule has 0 radical (unpaired) electrons. The Morgan fingerprint density at radius 1 is 1.33 bits per heavy atom. The van der Waals surface area contributed by atoms with Gasteiger partial charge in [0, 0.05) is 24.9 Å². The first-order chi connectivity index (χ1) is 4.02. The molecule has 0 rings (SSSR count). The molecular weight excluding hydrogens is 168 g/mol. The number of hydrogen-bond acceptors (Lipinski definition) is 4. The van der Waals surface area contributed by atoms with Crippen LogP contribution in [-0.4, -0.2) is 28.3 Å². The predicted molar refractivity (Wildman–Crippen MR) is 32.6 cm³/mol. The van der Waals surface area contributed by atoms with Crippen LogP contribution in [0.1, 0.15) is 0 Å². The van der Waals surface area contributed by atoms with Gasteiger partial charge in [0.25, 0.3) is 14.7 Å². The number of halogens is 1. The van der Waals surface area contributed by atoms with Crippen molar-refractivity contribution in [2.45, 2.75) is 5.62 Å². The molecule has 4 nitrogen and oxygen atoms in total. The Morgan fingerprint density at radius 3 is 1.67 bits per heavy atom. The molecule has 0 heterocycles. The van der Waals surface area contributed by atoms with Crippen molar-refractivity contribution in [2.75, 3.05) is 14.2 Å². The highest BCUT2D eigenvalue weighted by atomic mass is 35.7. The maximum absolute atomic E-state index is 10.3. The van der Waals surface area contributed by atoms with Crippen molar-refractivity contribution in [2.24, 2.45) is 0 Å². The second-order valence-corrected chi connectivity index (χ2v) is 3.86. The summed E-state index contributed by atoms with van der Waals surface area (Å²) in [5.74, 6) is 0. The largest absolute Gasteiger partial charge is 0.342 e. The van der Waals surface area contributed by atoms with E-state index in [-0.39, 0.29) is 0 Å². The van der Waals surface area contributed by atoms with Gasteiger partial charge in [0.05, 0.1) is 0 Å². The molecular formula is C3H7ClO4S. The molecule has 0 saturated heterocycles. The Labute approximate surface area is 58.1 Å². The Bertz CT molecular complexity index is 159. The summed E-state index contributed by atoms with van der Waals surface area (Å²) in [6.45, 7) is 0. The van der Waals surface area contributed by atoms with Gasteiger partial charge in [-0.1, -0.05) is 0 Å². The lowest BCUT2D eigenvalue weighted by atomic mass is 11.3. The lowest BCUT2D eigenvalue weighted by Gasteiger charge is -2.07. The van der Waals surface area contributed by atoms with E-state index < -0.39 is 14.7 Å². The van der Waals surface area contributed by atoms with Crippen molar-refractivity contribution in [1.82, 2.24) is 0 Å². The maximum atomic E-state index is 10.3. The third-order valence-corrected chi connectivity index (χ3v) is 1.90. The van der Waals surface area contributed by atoms with E-state index in [1.165, 1.54) is 14.2 Å². The standard InChI is InChI=1S/C3H7ClO4S/c1-7-3(8-2)9(4,5)6/h3H,1-2H3. The minimum atomic E-state index is -3.74. The first-order valence-corrected chi connectivity index (χ1v) is 4.38. The topological polar surface area (TPSA) is 52.6 Å². The number of ether oxygens (including phenoxy) is 2. The van der Waals surface area contributed by atoms with Gasteiger partial charge >= 0.3 is 0 Å². The highest BCUT2D eigenvalue weighted by molar-refractivity contribution is 8.14. The summed E-state index contributed by atoms with van der Waals surface area (Å²) in [6, 6.07) is 0. The summed E-state index contributed by atoms with van der Waals surface area (Å²) in [5, 5.41) is 0. The molecule has 0 N–H and O–H groups in total. The van der Waals surface area contributed by atoms with Crippen LogP contribution in [0.15, 0.2) is 0 Å². The van der Waals surface area contributed by atoms with E-state index in [1.54, 1.807) is 0 Å². The number of methoxy groups -OCH3 is 2. The minimum Gasteiger partial charge on any atom is -0.342 e. The van der Waals surface area contributed by atoms with Crippen molar-refractivity contribution in [3.63, 3.8) is 0 Å². The smallest absolute Gasteiger partial charge is 0.285 e. The van der Waals surface area contributed by atoms with E-state index >= 15 is 0 Å². The molecule has 0 unspecified atom stereocenters. The molecule has 0 aliphatic heterocycles. The minimum absolute atomic E-state index is 1.19. The van der Waals surface area contributed by atoms with Crippen LogP contribution >= 0.6 is 10.7 Å². The number of hydrogen-bond donors (Lipinski definition) is 0. The zero-order chi connectivity index (χ0) is 7.49. The van der Waals surface area contributed by atoms with Gasteiger partial charge in [0.2, 0.25) is 0 Å². The van der Waals surface area contributed by atoms with Gasteiger partial charge in [0.1, 0.15) is 0 Å². The Hall–Kier alpha value is 0.160. The SMILES string of the molecule is COC(OC)S(=O)(=O)Cl.